The lowest BCUT2D eigenvalue weighted by molar-refractivity contribution is -0.134. The molecule has 2 aliphatic rings. The minimum atomic E-state index is 0.0665. The normalized spacial score (nSPS) is 22.1. The third-order valence-electron chi connectivity index (χ3n) is 6.47. The fourth-order valence-corrected chi connectivity index (χ4v) is 4.96. The summed E-state index contributed by atoms with van der Waals surface area (Å²) in [7, 11) is 3.23. The van der Waals surface area contributed by atoms with E-state index >= 15 is 0 Å². The topological polar surface area (TPSA) is 85.6 Å². The van der Waals surface area contributed by atoms with Crippen molar-refractivity contribution in [3.05, 3.63) is 12.7 Å². The van der Waals surface area contributed by atoms with Crippen molar-refractivity contribution in [2.75, 3.05) is 47.0 Å². The summed E-state index contributed by atoms with van der Waals surface area (Å²) >= 11 is 0. The third kappa shape index (κ3) is 4.41. The number of piperidine rings is 2. The second-order valence-electron chi connectivity index (χ2n) is 8.26. The number of methoxy groups -OCH3 is 2. The minimum Gasteiger partial charge on any atom is -0.479 e. The first-order valence-electron chi connectivity index (χ1n) is 10.9. The molecule has 2 aliphatic heterocycles. The van der Waals surface area contributed by atoms with Crippen molar-refractivity contribution in [1.82, 2.24) is 29.3 Å². The Labute approximate surface area is 177 Å². The highest BCUT2D eigenvalue weighted by Crippen LogP contribution is 2.31. The fraction of sp³-hybridized carbons (Fsp3) is 0.714. The van der Waals surface area contributed by atoms with Gasteiger partial charge < -0.3 is 23.8 Å². The SMILES string of the molecule is COCCN(CC1CCCN2CCCCC12)C(=O)Cn1cnc2c(OC)ncnc21. The highest BCUT2D eigenvalue weighted by atomic mass is 16.5. The zero-order valence-electron chi connectivity index (χ0n) is 18.0. The van der Waals surface area contributed by atoms with Crippen LogP contribution in [0.3, 0.4) is 0 Å². The first-order valence-corrected chi connectivity index (χ1v) is 10.9. The van der Waals surface area contributed by atoms with Crippen molar-refractivity contribution in [2.45, 2.75) is 44.7 Å². The van der Waals surface area contributed by atoms with Gasteiger partial charge in [0.25, 0.3) is 0 Å². The molecule has 0 radical (unpaired) electrons. The van der Waals surface area contributed by atoms with E-state index in [0.717, 1.165) is 6.54 Å². The zero-order valence-corrected chi connectivity index (χ0v) is 18.0. The van der Waals surface area contributed by atoms with Gasteiger partial charge in [-0.25, -0.2) is 9.97 Å². The summed E-state index contributed by atoms with van der Waals surface area (Å²) in [5, 5.41) is 0. The van der Waals surface area contributed by atoms with E-state index < -0.39 is 0 Å². The molecule has 1 amide bonds. The molecule has 9 heteroatoms. The van der Waals surface area contributed by atoms with Crippen LogP contribution >= 0.6 is 0 Å². The van der Waals surface area contributed by atoms with Crippen molar-refractivity contribution in [3.63, 3.8) is 0 Å². The van der Waals surface area contributed by atoms with Gasteiger partial charge in [-0.15, -0.1) is 0 Å². The maximum atomic E-state index is 13.3. The van der Waals surface area contributed by atoms with Crippen LogP contribution in [0.25, 0.3) is 11.2 Å². The van der Waals surface area contributed by atoms with Crippen LogP contribution in [0.4, 0.5) is 0 Å². The molecule has 2 aromatic rings. The van der Waals surface area contributed by atoms with Gasteiger partial charge in [0.05, 0.1) is 20.0 Å². The molecular formula is C21H32N6O3. The summed E-state index contributed by atoms with van der Waals surface area (Å²) < 4.78 is 12.3. The lowest BCUT2D eigenvalue weighted by Crippen LogP contribution is -2.52. The van der Waals surface area contributed by atoms with E-state index in [1.54, 1.807) is 25.1 Å². The Morgan fingerprint density at radius 1 is 1.17 bits per heavy atom. The molecule has 0 N–H and O–H groups in total. The summed E-state index contributed by atoms with van der Waals surface area (Å²) in [6.45, 7) is 4.53. The molecule has 0 saturated carbocycles. The second-order valence-corrected chi connectivity index (χ2v) is 8.26. The van der Waals surface area contributed by atoms with Crippen molar-refractivity contribution in [1.29, 1.82) is 0 Å². The molecule has 2 unspecified atom stereocenters. The predicted octanol–water partition coefficient (Wildman–Crippen LogP) is 1.57. The smallest absolute Gasteiger partial charge is 0.245 e. The highest BCUT2D eigenvalue weighted by Gasteiger charge is 2.34. The predicted molar refractivity (Wildman–Crippen MR) is 112 cm³/mol. The van der Waals surface area contributed by atoms with Gasteiger partial charge in [0.2, 0.25) is 11.8 Å². The number of fused-ring (bicyclic) bond motifs is 2. The number of aromatic nitrogens is 4. The molecule has 0 aromatic carbocycles. The van der Waals surface area contributed by atoms with Crippen LogP contribution in [0, 0.1) is 5.92 Å². The van der Waals surface area contributed by atoms with Gasteiger partial charge in [-0.1, -0.05) is 6.42 Å². The first kappa shape index (κ1) is 21.0. The molecule has 2 aromatic heterocycles. The first-order chi connectivity index (χ1) is 14.7. The Bertz CT molecular complexity index is 854. The zero-order chi connectivity index (χ0) is 20.9. The Hall–Kier alpha value is -2.26. The molecule has 0 bridgehead atoms. The standard InChI is InChI=1S/C21H32N6O3/c1-29-11-10-26(12-16-6-5-9-25-8-4-3-7-17(16)25)18(28)13-27-15-24-19-20(27)22-14-23-21(19)30-2/h14-17H,3-13H2,1-2H3. The molecule has 164 valence electrons. The number of carbonyl (C=O) groups is 1. The van der Waals surface area contributed by atoms with Crippen molar-refractivity contribution in [3.8, 4) is 5.88 Å². The summed E-state index contributed by atoms with van der Waals surface area (Å²) in [5.41, 5.74) is 1.18. The van der Waals surface area contributed by atoms with E-state index in [2.05, 4.69) is 19.9 Å². The Morgan fingerprint density at radius 3 is 2.87 bits per heavy atom. The number of amides is 1. The van der Waals surface area contributed by atoms with Crippen LogP contribution in [0.5, 0.6) is 5.88 Å². The van der Waals surface area contributed by atoms with Gasteiger partial charge in [0.15, 0.2) is 11.2 Å². The van der Waals surface area contributed by atoms with Gasteiger partial charge in [0, 0.05) is 26.2 Å². The summed E-state index contributed by atoms with van der Waals surface area (Å²) in [6, 6.07) is 0.608. The lowest BCUT2D eigenvalue weighted by Gasteiger charge is -2.45. The molecule has 2 atom stereocenters. The molecule has 0 aliphatic carbocycles. The number of rotatable bonds is 8. The van der Waals surface area contributed by atoms with Gasteiger partial charge in [-0.05, 0) is 44.7 Å². The maximum absolute atomic E-state index is 13.3. The second kappa shape index (κ2) is 9.70. The molecule has 0 spiro atoms. The van der Waals surface area contributed by atoms with Crippen molar-refractivity contribution < 1.29 is 14.3 Å². The number of imidazole rings is 1. The third-order valence-corrected chi connectivity index (χ3v) is 6.47. The molecule has 4 rings (SSSR count). The molecule has 2 fully saturated rings. The number of carbonyl (C=O) groups excluding carboxylic acids is 1. The number of nitrogens with zero attached hydrogens (tertiary/aromatic N) is 6. The lowest BCUT2D eigenvalue weighted by atomic mass is 9.83. The molecule has 2 saturated heterocycles. The van der Waals surface area contributed by atoms with E-state index in [9.17, 15) is 4.79 Å². The van der Waals surface area contributed by atoms with Crippen LogP contribution in [-0.2, 0) is 16.1 Å². The van der Waals surface area contributed by atoms with E-state index in [1.165, 1.54) is 51.5 Å². The Balaban J connectivity index is 1.48. The quantitative estimate of drug-likeness (QED) is 0.646. The number of ether oxygens (including phenoxy) is 2. The average Bonchev–Trinajstić information content (AvgIpc) is 3.19. The molecular weight excluding hydrogens is 384 g/mol. The van der Waals surface area contributed by atoms with Crippen LogP contribution in [0.2, 0.25) is 0 Å². The maximum Gasteiger partial charge on any atom is 0.245 e. The van der Waals surface area contributed by atoms with Crippen LogP contribution in [-0.4, -0.2) is 88.3 Å². The van der Waals surface area contributed by atoms with Gasteiger partial charge in [0.1, 0.15) is 12.9 Å². The highest BCUT2D eigenvalue weighted by molar-refractivity contribution is 5.80. The molecule has 9 nitrogen and oxygen atoms in total. The van der Waals surface area contributed by atoms with Crippen LogP contribution < -0.4 is 4.74 Å². The van der Waals surface area contributed by atoms with E-state index in [0.29, 0.717) is 42.2 Å². The molecule has 30 heavy (non-hydrogen) atoms. The molecule has 4 heterocycles. The largest absolute Gasteiger partial charge is 0.479 e. The summed E-state index contributed by atoms with van der Waals surface area (Å²) in [6.07, 6.45) is 9.33. The van der Waals surface area contributed by atoms with Crippen molar-refractivity contribution in [2.24, 2.45) is 5.92 Å². The van der Waals surface area contributed by atoms with Gasteiger partial charge >= 0.3 is 0 Å². The number of hydrogen-bond acceptors (Lipinski definition) is 7. The average molecular weight is 417 g/mol. The van der Waals surface area contributed by atoms with E-state index in [1.807, 2.05) is 4.90 Å². The number of hydrogen-bond donors (Lipinski definition) is 0. The minimum absolute atomic E-state index is 0.0665. The van der Waals surface area contributed by atoms with E-state index in [4.69, 9.17) is 9.47 Å². The Kier molecular flexibility index (Phi) is 6.79. The summed E-state index contributed by atoms with van der Waals surface area (Å²) in [5.74, 6) is 1.01. The monoisotopic (exact) mass is 416 g/mol. The van der Waals surface area contributed by atoms with Crippen LogP contribution in [0.15, 0.2) is 12.7 Å². The fourth-order valence-electron chi connectivity index (χ4n) is 4.96. The van der Waals surface area contributed by atoms with E-state index in [-0.39, 0.29) is 12.5 Å². The van der Waals surface area contributed by atoms with Gasteiger partial charge in [-0.3, -0.25) is 4.79 Å². The summed E-state index contributed by atoms with van der Waals surface area (Å²) in [4.78, 5) is 30.6. The van der Waals surface area contributed by atoms with Crippen molar-refractivity contribution >= 4 is 17.1 Å². The Morgan fingerprint density at radius 2 is 2.03 bits per heavy atom. The van der Waals surface area contributed by atoms with Gasteiger partial charge in [-0.2, -0.15) is 4.98 Å². The van der Waals surface area contributed by atoms with Crippen LogP contribution in [0.1, 0.15) is 32.1 Å².